The van der Waals surface area contributed by atoms with E-state index in [0.717, 1.165) is 36.3 Å². The number of thiol groups is 1. The molecule has 1 N–H and O–H groups in total. The quantitative estimate of drug-likeness (QED) is 0.470. The smallest absolute Gasteiger partial charge is 0.336 e. The molecule has 2 aromatic rings. The van der Waals surface area contributed by atoms with Gasteiger partial charge in [0.2, 0.25) is 5.91 Å². The van der Waals surface area contributed by atoms with Crippen molar-refractivity contribution in [2.45, 2.75) is 58.4 Å². The van der Waals surface area contributed by atoms with Crippen LogP contribution >= 0.6 is 28.6 Å². The Labute approximate surface area is 192 Å². The Bertz CT molecular complexity index is 898. The Hall–Kier alpha value is -1.80. The number of carboxylic acid groups (broad SMARTS) is 1. The Kier molecular flexibility index (Phi) is 8.97. The molecule has 0 radical (unpaired) electrons. The molecule has 6 nitrogen and oxygen atoms in total. The highest BCUT2D eigenvalue weighted by molar-refractivity contribution is 9.10. The van der Waals surface area contributed by atoms with Gasteiger partial charge in [0.25, 0.3) is 0 Å². The number of aromatic carboxylic acids is 1. The summed E-state index contributed by atoms with van der Waals surface area (Å²) in [6.07, 6.45) is 4.34. The van der Waals surface area contributed by atoms with E-state index in [1.165, 1.54) is 0 Å². The van der Waals surface area contributed by atoms with E-state index in [1.54, 1.807) is 18.0 Å². The van der Waals surface area contributed by atoms with Crippen LogP contribution in [0.2, 0.25) is 0 Å². The molecule has 164 valence electrons. The fourth-order valence-corrected chi connectivity index (χ4v) is 4.55. The summed E-state index contributed by atoms with van der Waals surface area (Å²) in [4.78, 5) is 30.2. The van der Waals surface area contributed by atoms with E-state index in [4.69, 9.17) is 0 Å². The minimum atomic E-state index is -0.966. The van der Waals surface area contributed by atoms with Gasteiger partial charge in [-0.2, -0.15) is 12.6 Å². The molecule has 0 aliphatic carbocycles. The maximum Gasteiger partial charge on any atom is 0.336 e. The van der Waals surface area contributed by atoms with Crippen molar-refractivity contribution in [2.75, 3.05) is 7.05 Å². The summed E-state index contributed by atoms with van der Waals surface area (Å²) in [7, 11) is 1.79. The molecule has 0 aliphatic heterocycles. The lowest BCUT2D eigenvalue weighted by atomic mass is 10.1. The number of carboxylic acids is 1. The van der Waals surface area contributed by atoms with Crippen LogP contribution in [0.5, 0.6) is 0 Å². The predicted molar refractivity (Wildman–Crippen MR) is 125 cm³/mol. The number of hydrogen-bond donors (Lipinski definition) is 2. The summed E-state index contributed by atoms with van der Waals surface area (Å²) in [5, 5.41) is 8.91. The number of aryl methyl sites for hydroxylation is 1. The highest BCUT2D eigenvalue weighted by Crippen LogP contribution is 2.21. The molecule has 1 heterocycles. The molecule has 0 aliphatic rings. The van der Waals surface area contributed by atoms with Gasteiger partial charge in [0, 0.05) is 24.5 Å². The maximum absolute atomic E-state index is 12.7. The molecule has 0 bridgehead atoms. The minimum absolute atomic E-state index is 0.00498. The van der Waals surface area contributed by atoms with Crippen molar-refractivity contribution in [3.63, 3.8) is 0 Å². The largest absolute Gasteiger partial charge is 0.478 e. The number of aromatic nitrogens is 2. The van der Waals surface area contributed by atoms with E-state index in [2.05, 4.69) is 58.9 Å². The lowest BCUT2D eigenvalue weighted by molar-refractivity contribution is -0.130. The number of carbonyl (C=O) groups excluding carboxylic acids is 1. The Balaban J connectivity index is 2.25. The zero-order valence-corrected chi connectivity index (χ0v) is 20.4. The zero-order chi connectivity index (χ0) is 22.4. The molecule has 0 saturated carbocycles. The van der Waals surface area contributed by atoms with Crippen LogP contribution in [-0.2, 0) is 24.3 Å². The summed E-state index contributed by atoms with van der Waals surface area (Å²) in [5.74, 6) is 0.395. The highest BCUT2D eigenvalue weighted by Gasteiger charge is 2.21. The van der Waals surface area contributed by atoms with Crippen molar-refractivity contribution < 1.29 is 14.7 Å². The van der Waals surface area contributed by atoms with Gasteiger partial charge in [-0.25, -0.2) is 9.78 Å². The molecule has 30 heavy (non-hydrogen) atoms. The minimum Gasteiger partial charge on any atom is -0.478 e. The first-order valence-corrected chi connectivity index (χ1v) is 11.4. The summed E-state index contributed by atoms with van der Waals surface area (Å²) < 4.78 is 2.66. The van der Waals surface area contributed by atoms with Crippen molar-refractivity contribution in [2.24, 2.45) is 5.92 Å². The molecule has 0 saturated heterocycles. The fourth-order valence-electron chi connectivity index (χ4n) is 3.33. The lowest BCUT2D eigenvalue weighted by Gasteiger charge is -2.23. The van der Waals surface area contributed by atoms with Crippen molar-refractivity contribution >= 4 is 40.4 Å². The normalized spacial score (nSPS) is 12.2. The SMILES string of the molecule is CCCc1ncc(CN(C)C(=O)[C@H](S)CC(C)C)n1Cc1ccc(C(=O)O)c(Br)c1. The van der Waals surface area contributed by atoms with Crippen molar-refractivity contribution in [1.82, 2.24) is 14.5 Å². The lowest BCUT2D eigenvalue weighted by Crippen LogP contribution is -2.34. The molecular formula is C22H30BrN3O3S. The van der Waals surface area contributed by atoms with E-state index < -0.39 is 5.97 Å². The van der Waals surface area contributed by atoms with Crippen LogP contribution in [0.3, 0.4) is 0 Å². The summed E-state index contributed by atoms with van der Waals surface area (Å²) in [5.41, 5.74) is 2.14. The van der Waals surface area contributed by atoms with Crippen LogP contribution in [0.1, 0.15) is 61.1 Å². The monoisotopic (exact) mass is 495 g/mol. The first kappa shape index (κ1) is 24.5. The summed E-state index contributed by atoms with van der Waals surface area (Å²) in [6, 6.07) is 5.24. The number of rotatable bonds is 10. The molecule has 0 spiro atoms. The van der Waals surface area contributed by atoms with Gasteiger partial charge >= 0.3 is 5.97 Å². The van der Waals surface area contributed by atoms with Crippen LogP contribution in [0, 0.1) is 5.92 Å². The van der Waals surface area contributed by atoms with Crippen LogP contribution in [0.15, 0.2) is 28.9 Å². The first-order valence-electron chi connectivity index (χ1n) is 10.1. The summed E-state index contributed by atoms with van der Waals surface area (Å²) in [6.45, 7) is 7.26. The van der Waals surface area contributed by atoms with Crippen LogP contribution in [0.4, 0.5) is 0 Å². The molecular weight excluding hydrogens is 466 g/mol. The van der Waals surface area contributed by atoms with Crippen molar-refractivity contribution in [3.05, 3.63) is 51.5 Å². The Morgan fingerprint density at radius 2 is 2.03 bits per heavy atom. The maximum atomic E-state index is 12.7. The van der Waals surface area contributed by atoms with Gasteiger partial charge in [-0.15, -0.1) is 0 Å². The Morgan fingerprint density at radius 3 is 2.60 bits per heavy atom. The average molecular weight is 496 g/mol. The Morgan fingerprint density at radius 1 is 1.33 bits per heavy atom. The fraction of sp³-hybridized carbons (Fsp3) is 0.500. The van der Waals surface area contributed by atoms with Gasteiger partial charge in [0.05, 0.1) is 29.2 Å². The third-order valence-corrected chi connectivity index (χ3v) is 5.94. The van der Waals surface area contributed by atoms with Gasteiger partial charge in [-0.3, -0.25) is 4.79 Å². The van der Waals surface area contributed by atoms with Crippen LogP contribution in [0.25, 0.3) is 0 Å². The van der Waals surface area contributed by atoms with E-state index in [0.29, 0.717) is 23.5 Å². The predicted octanol–water partition coefficient (Wildman–Crippen LogP) is 4.65. The van der Waals surface area contributed by atoms with E-state index in [9.17, 15) is 14.7 Å². The first-order chi connectivity index (χ1) is 14.1. The van der Waals surface area contributed by atoms with Crippen molar-refractivity contribution in [3.8, 4) is 0 Å². The van der Waals surface area contributed by atoms with E-state index in [1.807, 2.05) is 18.3 Å². The topological polar surface area (TPSA) is 75.4 Å². The number of benzene rings is 1. The van der Waals surface area contributed by atoms with E-state index in [-0.39, 0.29) is 16.7 Å². The highest BCUT2D eigenvalue weighted by atomic mass is 79.9. The van der Waals surface area contributed by atoms with Gasteiger partial charge in [0.1, 0.15) is 5.82 Å². The third-order valence-electron chi connectivity index (χ3n) is 4.85. The molecule has 1 aromatic carbocycles. The van der Waals surface area contributed by atoms with Gasteiger partial charge < -0.3 is 14.6 Å². The van der Waals surface area contributed by atoms with Crippen LogP contribution < -0.4 is 0 Å². The molecule has 8 heteroatoms. The zero-order valence-electron chi connectivity index (χ0n) is 17.9. The number of hydrogen-bond acceptors (Lipinski definition) is 4. The standard InChI is InChI=1S/C22H30BrN3O3S/c1-5-6-20-24-11-16(13-25(4)21(27)19(30)9-14(2)3)26(20)12-15-7-8-17(22(28)29)18(23)10-15/h7-8,10-11,14,19,30H,5-6,9,12-13H2,1-4H3,(H,28,29)/t19-/m1/s1. The van der Waals surface area contributed by atoms with Gasteiger partial charge in [-0.05, 0) is 52.4 Å². The molecule has 0 fully saturated rings. The number of nitrogens with zero attached hydrogens (tertiary/aromatic N) is 3. The van der Waals surface area contributed by atoms with E-state index >= 15 is 0 Å². The van der Waals surface area contributed by atoms with Gasteiger partial charge in [0.15, 0.2) is 0 Å². The molecule has 2 rings (SSSR count). The van der Waals surface area contributed by atoms with Crippen molar-refractivity contribution in [1.29, 1.82) is 0 Å². The van der Waals surface area contributed by atoms with Crippen LogP contribution in [-0.4, -0.2) is 43.7 Å². The summed E-state index contributed by atoms with van der Waals surface area (Å²) >= 11 is 7.83. The second-order valence-electron chi connectivity index (χ2n) is 7.96. The number of amides is 1. The molecule has 0 unspecified atom stereocenters. The molecule has 1 aromatic heterocycles. The number of carbonyl (C=O) groups is 2. The number of imidazole rings is 1. The third kappa shape index (κ3) is 6.35. The molecule has 1 amide bonds. The van der Waals surface area contributed by atoms with Gasteiger partial charge in [-0.1, -0.05) is 26.8 Å². The number of halogens is 1. The second-order valence-corrected chi connectivity index (χ2v) is 9.44. The molecule has 1 atom stereocenters. The second kappa shape index (κ2) is 11.0. The average Bonchev–Trinajstić information content (AvgIpc) is 3.02.